The molecule has 2 heterocycles. The number of carbonyl (C=O) groups is 1. The SMILES string of the molecule is O=C(C1CN(Cc2ccc(Cl)cc2)CCO1)N1CCCCC1. The Bertz CT molecular complexity index is 500. The molecule has 2 fully saturated rings. The average molecular weight is 323 g/mol. The fourth-order valence-electron chi connectivity index (χ4n) is 3.16. The molecule has 0 bridgehead atoms. The topological polar surface area (TPSA) is 32.8 Å². The van der Waals surface area contributed by atoms with Gasteiger partial charge in [-0.2, -0.15) is 0 Å². The van der Waals surface area contributed by atoms with E-state index in [0.717, 1.165) is 44.0 Å². The van der Waals surface area contributed by atoms with Crippen molar-refractivity contribution in [2.75, 3.05) is 32.8 Å². The third kappa shape index (κ3) is 4.00. The number of hydrogen-bond donors (Lipinski definition) is 0. The number of piperidine rings is 1. The van der Waals surface area contributed by atoms with Crippen molar-refractivity contribution in [1.82, 2.24) is 9.80 Å². The molecule has 1 aromatic rings. The van der Waals surface area contributed by atoms with Crippen molar-refractivity contribution in [3.8, 4) is 0 Å². The molecule has 120 valence electrons. The molecule has 0 aromatic heterocycles. The van der Waals surface area contributed by atoms with E-state index in [0.29, 0.717) is 13.2 Å². The molecule has 22 heavy (non-hydrogen) atoms. The van der Waals surface area contributed by atoms with E-state index in [4.69, 9.17) is 16.3 Å². The lowest BCUT2D eigenvalue weighted by molar-refractivity contribution is -0.150. The molecule has 0 N–H and O–H groups in total. The zero-order valence-electron chi connectivity index (χ0n) is 12.8. The Labute approximate surface area is 137 Å². The minimum absolute atomic E-state index is 0.167. The number of nitrogens with zero attached hydrogens (tertiary/aromatic N) is 2. The Morgan fingerprint density at radius 2 is 1.86 bits per heavy atom. The largest absolute Gasteiger partial charge is 0.366 e. The number of halogens is 1. The summed E-state index contributed by atoms with van der Waals surface area (Å²) in [7, 11) is 0. The van der Waals surface area contributed by atoms with E-state index >= 15 is 0 Å². The minimum atomic E-state index is -0.306. The highest BCUT2D eigenvalue weighted by atomic mass is 35.5. The number of likely N-dealkylation sites (tertiary alicyclic amines) is 1. The van der Waals surface area contributed by atoms with Crippen molar-refractivity contribution in [2.45, 2.75) is 31.9 Å². The van der Waals surface area contributed by atoms with Crippen LogP contribution in [-0.4, -0.2) is 54.6 Å². The first-order valence-electron chi connectivity index (χ1n) is 8.09. The Balaban J connectivity index is 1.56. The van der Waals surface area contributed by atoms with Crippen molar-refractivity contribution in [2.24, 2.45) is 0 Å². The third-order valence-corrected chi connectivity index (χ3v) is 4.67. The van der Waals surface area contributed by atoms with Crippen LogP contribution in [0.15, 0.2) is 24.3 Å². The summed E-state index contributed by atoms with van der Waals surface area (Å²) in [5.41, 5.74) is 1.22. The first-order chi connectivity index (χ1) is 10.7. The van der Waals surface area contributed by atoms with Gasteiger partial charge < -0.3 is 9.64 Å². The highest BCUT2D eigenvalue weighted by Crippen LogP contribution is 2.17. The predicted octanol–water partition coefficient (Wildman–Crippen LogP) is 2.55. The summed E-state index contributed by atoms with van der Waals surface area (Å²) in [5, 5.41) is 0.754. The Morgan fingerprint density at radius 1 is 1.14 bits per heavy atom. The summed E-state index contributed by atoms with van der Waals surface area (Å²) in [4.78, 5) is 16.8. The molecule has 1 atom stereocenters. The lowest BCUT2D eigenvalue weighted by atomic mass is 10.1. The molecule has 5 heteroatoms. The standard InChI is InChI=1S/C17H23ClN2O2/c18-15-6-4-14(5-7-15)12-19-10-11-22-16(13-19)17(21)20-8-2-1-3-9-20/h4-7,16H,1-3,8-13H2. The highest BCUT2D eigenvalue weighted by Gasteiger charge is 2.30. The Morgan fingerprint density at radius 3 is 2.59 bits per heavy atom. The van der Waals surface area contributed by atoms with E-state index in [1.165, 1.54) is 12.0 Å². The summed E-state index contributed by atoms with van der Waals surface area (Å²) < 4.78 is 5.73. The quantitative estimate of drug-likeness (QED) is 0.857. The van der Waals surface area contributed by atoms with Gasteiger partial charge in [0.1, 0.15) is 6.10 Å². The van der Waals surface area contributed by atoms with E-state index in [1.54, 1.807) is 0 Å². The van der Waals surface area contributed by atoms with Gasteiger partial charge >= 0.3 is 0 Å². The van der Waals surface area contributed by atoms with Gasteiger partial charge in [-0.05, 0) is 37.0 Å². The second-order valence-electron chi connectivity index (χ2n) is 6.11. The van der Waals surface area contributed by atoms with Crippen LogP contribution >= 0.6 is 11.6 Å². The molecule has 0 spiro atoms. The molecular formula is C17H23ClN2O2. The number of amides is 1. The normalized spacial score (nSPS) is 23.5. The molecule has 0 aliphatic carbocycles. The summed E-state index contributed by atoms with van der Waals surface area (Å²) >= 11 is 5.92. The number of rotatable bonds is 3. The van der Waals surface area contributed by atoms with Gasteiger partial charge in [-0.15, -0.1) is 0 Å². The molecule has 0 radical (unpaired) electrons. The zero-order chi connectivity index (χ0) is 15.4. The highest BCUT2D eigenvalue weighted by molar-refractivity contribution is 6.30. The van der Waals surface area contributed by atoms with Crippen LogP contribution in [-0.2, 0) is 16.1 Å². The minimum Gasteiger partial charge on any atom is -0.366 e. The van der Waals surface area contributed by atoms with Crippen molar-refractivity contribution >= 4 is 17.5 Å². The number of morpholine rings is 1. The zero-order valence-corrected chi connectivity index (χ0v) is 13.6. The van der Waals surface area contributed by atoms with Crippen LogP contribution in [0.4, 0.5) is 0 Å². The molecule has 2 aliphatic rings. The predicted molar refractivity (Wildman–Crippen MR) is 86.9 cm³/mol. The fraction of sp³-hybridized carbons (Fsp3) is 0.588. The van der Waals surface area contributed by atoms with Gasteiger partial charge in [-0.3, -0.25) is 9.69 Å². The van der Waals surface area contributed by atoms with Crippen LogP contribution in [0.5, 0.6) is 0 Å². The fourth-order valence-corrected chi connectivity index (χ4v) is 3.29. The maximum atomic E-state index is 12.6. The van der Waals surface area contributed by atoms with E-state index in [9.17, 15) is 4.79 Å². The van der Waals surface area contributed by atoms with Gasteiger partial charge in [-0.25, -0.2) is 0 Å². The van der Waals surface area contributed by atoms with Gasteiger partial charge in [-0.1, -0.05) is 23.7 Å². The van der Waals surface area contributed by atoms with E-state index in [1.807, 2.05) is 29.2 Å². The lowest BCUT2D eigenvalue weighted by Gasteiger charge is -2.36. The summed E-state index contributed by atoms with van der Waals surface area (Å²) in [6.07, 6.45) is 3.16. The Kier molecular flexibility index (Phi) is 5.34. The van der Waals surface area contributed by atoms with Crippen LogP contribution in [0.2, 0.25) is 5.02 Å². The molecule has 1 aromatic carbocycles. The van der Waals surface area contributed by atoms with Gasteiger partial charge in [0.15, 0.2) is 0 Å². The van der Waals surface area contributed by atoms with Crippen LogP contribution < -0.4 is 0 Å². The molecule has 4 nitrogen and oxygen atoms in total. The smallest absolute Gasteiger partial charge is 0.253 e. The molecule has 2 saturated heterocycles. The summed E-state index contributed by atoms with van der Waals surface area (Å²) in [5.74, 6) is 0.167. The average Bonchev–Trinajstić information content (AvgIpc) is 2.57. The lowest BCUT2D eigenvalue weighted by Crippen LogP contribution is -2.51. The summed E-state index contributed by atoms with van der Waals surface area (Å²) in [6.45, 7) is 4.78. The van der Waals surface area contributed by atoms with Crippen molar-refractivity contribution in [1.29, 1.82) is 0 Å². The van der Waals surface area contributed by atoms with Crippen LogP contribution in [0.25, 0.3) is 0 Å². The van der Waals surface area contributed by atoms with Crippen LogP contribution in [0.3, 0.4) is 0 Å². The van der Waals surface area contributed by atoms with E-state index in [-0.39, 0.29) is 12.0 Å². The maximum absolute atomic E-state index is 12.6. The van der Waals surface area contributed by atoms with Crippen molar-refractivity contribution in [3.05, 3.63) is 34.9 Å². The van der Waals surface area contributed by atoms with Crippen LogP contribution in [0.1, 0.15) is 24.8 Å². The maximum Gasteiger partial charge on any atom is 0.253 e. The van der Waals surface area contributed by atoms with Gasteiger partial charge in [0.2, 0.25) is 0 Å². The summed E-state index contributed by atoms with van der Waals surface area (Å²) in [6, 6.07) is 7.90. The van der Waals surface area contributed by atoms with Crippen molar-refractivity contribution in [3.63, 3.8) is 0 Å². The third-order valence-electron chi connectivity index (χ3n) is 4.41. The van der Waals surface area contributed by atoms with Crippen molar-refractivity contribution < 1.29 is 9.53 Å². The first kappa shape index (κ1) is 15.8. The van der Waals surface area contributed by atoms with Crippen LogP contribution in [0, 0.1) is 0 Å². The number of hydrogen-bond acceptors (Lipinski definition) is 3. The number of carbonyl (C=O) groups excluding carboxylic acids is 1. The molecule has 1 unspecified atom stereocenters. The monoisotopic (exact) mass is 322 g/mol. The van der Waals surface area contributed by atoms with Gasteiger partial charge in [0, 0.05) is 37.7 Å². The molecular weight excluding hydrogens is 300 g/mol. The van der Waals surface area contributed by atoms with Gasteiger partial charge in [0.05, 0.1) is 6.61 Å². The first-order valence-corrected chi connectivity index (χ1v) is 8.47. The Hall–Kier alpha value is -1.10. The van der Waals surface area contributed by atoms with Gasteiger partial charge in [0.25, 0.3) is 5.91 Å². The molecule has 2 aliphatic heterocycles. The van der Waals surface area contributed by atoms with E-state index in [2.05, 4.69) is 4.90 Å². The number of benzene rings is 1. The molecule has 1 amide bonds. The second-order valence-corrected chi connectivity index (χ2v) is 6.54. The second kappa shape index (κ2) is 7.44. The molecule has 3 rings (SSSR count). The molecule has 0 saturated carbocycles. The number of ether oxygens (including phenoxy) is 1. The van der Waals surface area contributed by atoms with E-state index < -0.39 is 0 Å².